The Morgan fingerprint density at radius 2 is 1.61 bits per heavy atom. The molecule has 0 aliphatic rings. The third-order valence-electron chi connectivity index (χ3n) is 4.50. The molecule has 3 aromatic rings. The number of carboxylic acids is 1. The normalized spacial score (nSPS) is 10.8. The molecular formula is C22H22N2O3S. The molecule has 3 rings (SSSR count). The maximum atomic E-state index is 12.7. The van der Waals surface area contributed by atoms with Crippen molar-refractivity contribution in [3.05, 3.63) is 82.4 Å². The Morgan fingerprint density at radius 1 is 1.04 bits per heavy atom. The molecule has 0 saturated carbocycles. The molecule has 0 fully saturated rings. The van der Waals surface area contributed by atoms with E-state index in [1.54, 1.807) is 0 Å². The van der Waals surface area contributed by atoms with Crippen molar-refractivity contribution in [3.8, 4) is 0 Å². The van der Waals surface area contributed by atoms with Crippen LogP contribution in [0.2, 0.25) is 0 Å². The number of carbonyl (C=O) groups is 2. The molecule has 0 aliphatic heterocycles. The summed E-state index contributed by atoms with van der Waals surface area (Å²) in [5.74, 6) is -1.00. The molecular weight excluding hydrogens is 372 g/mol. The summed E-state index contributed by atoms with van der Waals surface area (Å²) in [5, 5.41) is 12.2. The van der Waals surface area contributed by atoms with E-state index < -0.39 is 5.97 Å². The molecule has 28 heavy (non-hydrogen) atoms. The van der Waals surface area contributed by atoms with Gasteiger partial charge in [0.05, 0.1) is 12.1 Å². The van der Waals surface area contributed by atoms with Crippen molar-refractivity contribution >= 4 is 28.3 Å². The zero-order chi connectivity index (χ0) is 19.9. The second-order valence-corrected chi connectivity index (χ2v) is 7.63. The lowest BCUT2D eigenvalue weighted by Gasteiger charge is -2.17. The van der Waals surface area contributed by atoms with Crippen molar-refractivity contribution in [2.24, 2.45) is 0 Å². The van der Waals surface area contributed by atoms with Gasteiger partial charge < -0.3 is 10.4 Å². The molecule has 1 heterocycles. The molecule has 2 N–H and O–H groups in total. The molecule has 1 aromatic heterocycles. The van der Waals surface area contributed by atoms with Gasteiger partial charge in [0.15, 0.2) is 5.13 Å². The maximum Gasteiger partial charge on any atom is 0.303 e. The number of aryl methyl sites for hydroxylation is 2. The largest absolute Gasteiger partial charge is 0.481 e. The number of nitrogens with zero attached hydrogens (tertiary/aromatic N) is 1. The number of aliphatic carboxylic acids is 1. The van der Waals surface area contributed by atoms with E-state index in [-0.39, 0.29) is 18.2 Å². The predicted octanol–water partition coefficient (Wildman–Crippen LogP) is 4.63. The highest BCUT2D eigenvalue weighted by Crippen LogP contribution is 2.29. The highest BCUT2D eigenvalue weighted by atomic mass is 32.1. The number of rotatable bonds is 8. The zero-order valence-corrected chi connectivity index (χ0v) is 16.4. The Bertz CT molecular complexity index is 899. The van der Waals surface area contributed by atoms with Gasteiger partial charge in [0.25, 0.3) is 0 Å². The molecule has 0 radical (unpaired) electrons. The van der Waals surface area contributed by atoms with E-state index in [0.717, 1.165) is 21.7 Å². The van der Waals surface area contributed by atoms with Crippen LogP contribution >= 0.6 is 11.3 Å². The van der Waals surface area contributed by atoms with Gasteiger partial charge in [-0.25, -0.2) is 4.98 Å². The van der Waals surface area contributed by atoms with Crippen LogP contribution in [-0.4, -0.2) is 22.0 Å². The van der Waals surface area contributed by atoms with Crippen LogP contribution < -0.4 is 5.32 Å². The van der Waals surface area contributed by atoms with Gasteiger partial charge in [0.2, 0.25) is 5.91 Å². The van der Waals surface area contributed by atoms with Crippen LogP contribution in [-0.2, 0) is 16.0 Å². The lowest BCUT2D eigenvalue weighted by molar-refractivity contribution is -0.137. The Labute approximate surface area is 168 Å². The van der Waals surface area contributed by atoms with E-state index in [2.05, 4.69) is 10.3 Å². The first-order chi connectivity index (χ1) is 13.5. The third-order valence-corrected chi connectivity index (χ3v) is 5.63. The summed E-state index contributed by atoms with van der Waals surface area (Å²) in [4.78, 5) is 28.8. The van der Waals surface area contributed by atoms with Gasteiger partial charge in [-0.15, -0.1) is 11.3 Å². The van der Waals surface area contributed by atoms with E-state index in [1.807, 2.05) is 67.6 Å². The van der Waals surface area contributed by atoms with Crippen molar-refractivity contribution in [1.82, 2.24) is 4.98 Å². The molecule has 144 valence electrons. The van der Waals surface area contributed by atoms with Crippen molar-refractivity contribution < 1.29 is 14.7 Å². The van der Waals surface area contributed by atoms with Crippen LogP contribution in [0.3, 0.4) is 0 Å². The smallest absolute Gasteiger partial charge is 0.303 e. The first-order valence-electron chi connectivity index (χ1n) is 9.10. The number of benzene rings is 2. The summed E-state index contributed by atoms with van der Waals surface area (Å²) in [5.41, 5.74) is 2.94. The Morgan fingerprint density at radius 3 is 2.14 bits per heavy atom. The molecule has 5 nitrogen and oxygen atoms in total. The van der Waals surface area contributed by atoms with E-state index in [1.165, 1.54) is 11.3 Å². The number of carbonyl (C=O) groups excluding carboxylic acids is 1. The topological polar surface area (TPSA) is 79.3 Å². The van der Waals surface area contributed by atoms with Gasteiger partial charge in [-0.2, -0.15) is 0 Å². The Hall–Kier alpha value is -2.99. The minimum absolute atomic E-state index is 0.0464. The van der Waals surface area contributed by atoms with E-state index >= 15 is 0 Å². The van der Waals surface area contributed by atoms with Crippen LogP contribution in [0.5, 0.6) is 0 Å². The molecule has 0 unspecified atom stereocenters. The SMILES string of the molecule is Cc1nc(NC(=O)CC(c2ccccc2)c2ccccc2)sc1CCC(=O)O. The predicted molar refractivity (Wildman–Crippen MR) is 111 cm³/mol. The fourth-order valence-corrected chi connectivity index (χ4v) is 4.07. The number of hydrogen-bond acceptors (Lipinski definition) is 4. The Balaban J connectivity index is 1.73. The summed E-state index contributed by atoms with van der Waals surface area (Å²) in [6, 6.07) is 19.9. The maximum absolute atomic E-state index is 12.7. The van der Waals surface area contributed by atoms with Crippen LogP contribution in [0.1, 0.15) is 40.5 Å². The van der Waals surface area contributed by atoms with Gasteiger partial charge in [0.1, 0.15) is 0 Å². The molecule has 0 bridgehead atoms. The number of carboxylic acid groups (broad SMARTS) is 1. The van der Waals surface area contributed by atoms with Gasteiger partial charge in [-0.3, -0.25) is 9.59 Å². The molecule has 2 aromatic carbocycles. The zero-order valence-electron chi connectivity index (χ0n) is 15.6. The summed E-state index contributed by atoms with van der Waals surface area (Å²) < 4.78 is 0. The number of aromatic nitrogens is 1. The lowest BCUT2D eigenvalue weighted by Crippen LogP contribution is -2.16. The summed E-state index contributed by atoms with van der Waals surface area (Å²) >= 11 is 1.34. The fourth-order valence-electron chi connectivity index (χ4n) is 3.09. The first-order valence-corrected chi connectivity index (χ1v) is 9.92. The minimum atomic E-state index is -0.841. The van der Waals surface area contributed by atoms with Gasteiger partial charge >= 0.3 is 5.97 Å². The summed E-state index contributed by atoms with van der Waals surface area (Å²) in [7, 11) is 0. The monoisotopic (exact) mass is 394 g/mol. The number of nitrogens with one attached hydrogen (secondary N) is 1. The fraction of sp³-hybridized carbons (Fsp3) is 0.227. The van der Waals surface area contributed by atoms with Gasteiger partial charge in [0, 0.05) is 17.2 Å². The lowest BCUT2D eigenvalue weighted by atomic mass is 9.88. The highest BCUT2D eigenvalue weighted by molar-refractivity contribution is 7.15. The average Bonchev–Trinajstić information content (AvgIpc) is 3.04. The van der Waals surface area contributed by atoms with E-state index in [4.69, 9.17) is 5.11 Å². The van der Waals surface area contributed by atoms with E-state index in [9.17, 15) is 9.59 Å². The quantitative estimate of drug-likeness (QED) is 0.584. The summed E-state index contributed by atoms with van der Waals surface area (Å²) in [6.07, 6.45) is 0.781. The van der Waals surface area contributed by atoms with Crippen molar-refractivity contribution in [2.75, 3.05) is 5.32 Å². The second kappa shape index (κ2) is 9.28. The molecule has 6 heteroatoms. The molecule has 0 atom stereocenters. The van der Waals surface area contributed by atoms with E-state index in [0.29, 0.717) is 18.0 Å². The molecule has 0 saturated heterocycles. The number of thiazole rings is 1. The van der Waals surface area contributed by atoms with Crippen LogP contribution in [0.25, 0.3) is 0 Å². The first kappa shape index (κ1) is 19.8. The van der Waals surface area contributed by atoms with Gasteiger partial charge in [-0.1, -0.05) is 60.7 Å². The second-order valence-electron chi connectivity index (χ2n) is 6.55. The molecule has 1 amide bonds. The third kappa shape index (κ3) is 5.27. The standard InChI is InChI=1S/C22H22N2O3S/c1-15-19(12-13-21(26)27)28-22(23-15)24-20(25)14-18(16-8-4-2-5-9-16)17-10-6-3-7-11-17/h2-11,18H,12-14H2,1H3,(H,26,27)(H,23,24,25). The number of anilines is 1. The van der Waals surface area contributed by atoms with Crippen LogP contribution in [0.15, 0.2) is 60.7 Å². The van der Waals surface area contributed by atoms with Crippen molar-refractivity contribution in [2.45, 2.75) is 32.1 Å². The van der Waals surface area contributed by atoms with Crippen LogP contribution in [0.4, 0.5) is 5.13 Å². The molecule has 0 spiro atoms. The van der Waals surface area contributed by atoms with Gasteiger partial charge in [-0.05, 0) is 24.5 Å². The van der Waals surface area contributed by atoms with Crippen molar-refractivity contribution in [3.63, 3.8) is 0 Å². The molecule has 0 aliphatic carbocycles. The Kier molecular flexibility index (Phi) is 6.55. The van der Waals surface area contributed by atoms with Crippen LogP contribution in [0, 0.1) is 6.92 Å². The average molecular weight is 394 g/mol. The minimum Gasteiger partial charge on any atom is -0.481 e. The number of amides is 1. The van der Waals surface area contributed by atoms with Crippen molar-refractivity contribution in [1.29, 1.82) is 0 Å². The summed E-state index contributed by atoms with van der Waals surface area (Å²) in [6.45, 7) is 1.83. The number of hydrogen-bond donors (Lipinski definition) is 2. The highest BCUT2D eigenvalue weighted by Gasteiger charge is 2.19.